The minimum absolute atomic E-state index is 0. The van der Waals surface area contributed by atoms with Crippen LogP contribution in [0.1, 0.15) is 5.69 Å². The van der Waals surface area contributed by atoms with Gasteiger partial charge in [-0.2, -0.15) is 0 Å². The quantitative estimate of drug-likeness (QED) is 0.739. The fourth-order valence-corrected chi connectivity index (χ4v) is 0.945. The van der Waals surface area contributed by atoms with E-state index in [1.165, 1.54) is 6.20 Å². The molecule has 0 unspecified atom stereocenters. The molecule has 0 aliphatic rings. The zero-order valence-corrected chi connectivity index (χ0v) is 8.56. The van der Waals surface area contributed by atoms with Gasteiger partial charge in [-0.05, 0) is 14.1 Å². The summed E-state index contributed by atoms with van der Waals surface area (Å²) in [5.41, 5.74) is 0.891. The molecule has 0 aliphatic carbocycles. The maximum Gasteiger partial charge on any atom is 0.147 e. The third-order valence-corrected chi connectivity index (χ3v) is 1.32. The lowest BCUT2D eigenvalue weighted by Crippen LogP contribution is -2.12. The molecule has 5 heteroatoms. The van der Waals surface area contributed by atoms with Crippen LogP contribution >= 0.6 is 24.0 Å². The van der Waals surface area contributed by atoms with Gasteiger partial charge in [0.1, 0.15) is 5.15 Å². The molecule has 0 bridgehead atoms. The third kappa shape index (κ3) is 3.85. The Balaban J connectivity index is 0.00000121. The van der Waals surface area contributed by atoms with Crippen molar-refractivity contribution in [3.63, 3.8) is 0 Å². The molecule has 0 radical (unpaired) electrons. The number of nitrogens with zero attached hydrogens (tertiary/aromatic N) is 3. The van der Waals surface area contributed by atoms with Crippen molar-refractivity contribution in [1.82, 2.24) is 14.9 Å². The van der Waals surface area contributed by atoms with Crippen molar-refractivity contribution in [2.75, 3.05) is 14.1 Å². The van der Waals surface area contributed by atoms with E-state index in [1.807, 2.05) is 19.0 Å². The predicted molar refractivity (Wildman–Crippen MR) is 51.7 cm³/mol. The summed E-state index contributed by atoms with van der Waals surface area (Å²) < 4.78 is 0. The molecule has 1 aromatic heterocycles. The second kappa shape index (κ2) is 5.30. The highest BCUT2D eigenvalue weighted by Crippen LogP contribution is 2.03. The monoisotopic (exact) mass is 207 g/mol. The minimum Gasteiger partial charge on any atom is -0.304 e. The molecule has 0 atom stereocenters. The molecule has 0 aliphatic heterocycles. The van der Waals surface area contributed by atoms with Crippen molar-refractivity contribution in [2.45, 2.75) is 6.54 Å². The Labute approximate surface area is 83.2 Å². The first-order valence-electron chi connectivity index (χ1n) is 3.29. The van der Waals surface area contributed by atoms with Crippen molar-refractivity contribution < 1.29 is 0 Å². The summed E-state index contributed by atoms with van der Waals surface area (Å²) >= 11 is 5.64. The molecule has 0 saturated carbocycles. The summed E-state index contributed by atoms with van der Waals surface area (Å²) in [5.74, 6) is 0. The Bertz CT molecular complexity index is 240. The lowest BCUT2D eigenvalue weighted by molar-refractivity contribution is 0.396. The molecular weight excluding hydrogens is 197 g/mol. The van der Waals surface area contributed by atoms with Crippen LogP contribution < -0.4 is 0 Å². The topological polar surface area (TPSA) is 29.0 Å². The van der Waals surface area contributed by atoms with E-state index in [1.54, 1.807) is 6.20 Å². The average Bonchev–Trinajstić information content (AvgIpc) is 1.85. The highest BCUT2D eigenvalue weighted by Gasteiger charge is 1.97. The van der Waals surface area contributed by atoms with E-state index in [9.17, 15) is 0 Å². The number of aromatic nitrogens is 2. The van der Waals surface area contributed by atoms with Gasteiger partial charge in [-0.1, -0.05) is 11.6 Å². The first kappa shape index (κ1) is 11.6. The lowest BCUT2D eigenvalue weighted by Gasteiger charge is -2.07. The van der Waals surface area contributed by atoms with Gasteiger partial charge in [-0.15, -0.1) is 12.4 Å². The van der Waals surface area contributed by atoms with Crippen LogP contribution in [0.4, 0.5) is 0 Å². The highest BCUT2D eigenvalue weighted by molar-refractivity contribution is 6.29. The first-order chi connectivity index (χ1) is 5.18. The summed E-state index contributed by atoms with van der Waals surface area (Å²) in [6.45, 7) is 0.771. The smallest absolute Gasteiger partial charge is 0.147 e. The lowest BCUT2D eigenvalue weighted by atomic mass is 10.4. The number of hydrogen-bond donors (Lipinski definition) is 0. The van der Waals surface area contributed by atoms with E-state index in [2.05, 4.69) is 9.97 Å². The molecule has 12 heavy (non-hydrogen) atoms. The van der Waals surface area contributed by atoms with Crippen LogP contribution in [0.25, 0.3) is 0 Å². The molecule has 68 valence electrons. The maximum atomic E-state index is 5.64. The molecule has 0 amide bonds. The normalized spacial score (nSPS) is 9.67. The van der Waals surface area contributed by atoms with Gasteiger partial charge in [0.05, 0.1) is 11.9 Å². The molecule has 1 aromatic rings. The van der Waals surface area contributed by atoms with Gasteiger partial charge in [-0.3, -0.25) is 4.98 Å². The number of halogens is 2. The fraction of sp³-hybridized carbons (Fsp3) is 0.429. The van der Waals surface area contributed by atoms with Gasteiger partial charge < -0.3 is 4.90 Å². The van der Waals surface area contributed by atoms with Crippen LogP contribution in [0.2, 0.25) is 5.15 Å². The third-order valence-electron chi connectivity index (χ3n) is 1.13. The second-order valence-corrected chi connectivity index (χ2v) is 2.96. The predicted octanol–water partition coefficient (Wildman–Crippen LogP) is 1.61. The molecular formula is C7H11Cl2N3. The molecule has 0 saturated heterocycles. The van der Waals surface area contributed by atoms with Crippen molar-refractivity contribution in [3.8, 4) is 0 Å². The molecule has 1 heterocycles. The van der Waals surface area contributed by atoms with Gasteiger partial charge in [0.15, 0.2) is 0 Å². The molecule has 3 nitrogen and oxygen atoms in total. The Hall–Kier alpha value is -0.380. The summed E-state index contributed by atoms with van der Waals surface area (Å²) in [4.78, 5) is 10.0. The SMILES string of the molecule is CN(C)Cc1cncc(Cl)n1.Cl. The van der Waals surface area contributed by atoms with Crippen LogP contribution in [0, 0.1) is 0 Å². The molecule has 1 rings (SSSR count). The van der Waals surface area contributed by atoms with Gasteiger partial charge in [0.25, 0.3) is 0 Å². The Morgan fingerprint density at radius 1 is 1.42 bits per heavy atom. The van der Waals surface area contributed by atoms with Crippen molar-refractivity contribution in [3.05, 3.63) is 23.2 Å². The van der Waals surface area contributed by atoms with E-state index in [4.69, 9.17) is 11.6 Å². The Morgan fingerprint density at radius 3 is 2.58 bits per heavy atom. The van der Waals surface area contributed by atoms with E-state index in [0.717, 1.165) is 12.2 Å². The van der Waals surface area contributed by atoms with Crippen molar-refractivity contribution >= 4 is 24.0 Å². The molecule has 0 spiro atoms. The number of rotatable bonds is 2. The maximum absolute atomic E-state index is 5.64. The van der Waals surface area contributed by atoms with Crippen LogP contribution in [-0.4, -0.2) is 29.0 Å². The Kier molecular flexibility index (Phi) is 5.13. The molecule has 0 aromatic carbocycles. The molecule has 0 fully saturated rings. The number of hydrogen-bond acceptors (Lipinski definition) is 3. The van der Waals surface area contributed by atoms with Gasteiger partial charge >= 0.3 is 0 Å². The van der Waals surface area contributed by atoms with E-state index >= 15 is 0 Å². The van der Waals surface area contributed by atoms with Gasteiger partial charge in [0.2, 0.25) is 0 Å². The summed E-state index contributed by atoms with van der Waals surface area (Å²) in [7, 11) is 3.95. The van der Waals surface area contributed by atoms with Crippen LogP contribution in [0.3, 0.4) is 0 Å². The van der Waals surface area contributed by atoms with Crippen LogP contribution in [-0.2, 0) is 6.54 Å². The fourth-order valence-electron chi connectivity index (χ4n) is 0.780. The molecule has 0 N–H and O–H groups in total. The van der Waals surface area contributed by atoms with Gasteiger partial charge in [-0.25, -0.2) is 4.98 Å². The van der Waals surface area contributed by atoms with Crippen molar-refractivity contribution in [2.24, 2.45) is 0 Å². The zero-order chi connectivity index (χ0) is 8.27. The summed E-state index contributed by atoms with van der Waals surface area (Å²) in [6, 6.07) is 0. The average molecular weight is 208 g/mol. The second-order valence-electron chi connectivity index (χ2n) is 2.57. The van der Waals surface area contributed by atoms with Gasteiger partial charge in [0, 0.05) is 12.7 Å². The minimum atomic E-state index is 0. The van der Waals surface area contributed by atoms with E-state index in [0.29, 0.717) is 5.15 Å². The van der Waals surface area contributed by atoms with Crippen LogP contribution in [0.5, 0.6) is 0 Å². The zero-order valence-electron chi connectivity index (χ0n) is 6.99. The van der Waals surface area contributed by atoms with E-state index in [-0.39, 0.29) is 12.4 Å². The first-order valence-corrected chi connectivity index (χ1v) is 3.67. The highest BCUT2D eigenvalue weighted by atomic mass is 35.5. The standard InChI is InChI=1S/C7H10ClN3.ClH/c1-11(2)5-6-3-9-4-7(8)10-6;/h3-4H,5H2,1-2H3;1H. The largest absolute Gasteiger partial charge is 0.304 e. The Morgan fingerprint density at radius 2 is 2.08 bits per heavy atom. The van der Waals surface area contributed by atoms with E-state index < -0.39 is 0 Å². The van der Waals surface area contributed by atoms with Crippen LogP contribution in [0.15, 0.2) is 12.4 Å². The summed E-state index contributed by atoms with van der Waals surface area (Å²) in [6.07, 6.45) is 3.24. The summed E-state index contributed by atoms with van der Waals surface area (Å²) in [5, 5.41) is 0.448. The van der Waals surface area contributed by atoms with Crippen molar-refractivity contribution in [1.29, 1.82) is 0 Å².